The van der Waals surface area contributed by atoms with Gasteiger partial charge in [0.05, 0.1) is 17.5 Å². The Hall–Kier alpha value is -2.68. The van der Waals surface area contributed by atoms with E-state index in [2.05, 4.69) is 18.2 Å². The van der Waals surface area contributed by atoms with Crippen molar-refractivity contribution >= 4 is 23.1 Å². The predicted octanol–water partition coefficient (Wildman–Crippen LogP) is 3.98. The van der Waals surface area contributed by atoms with E-state index in [4.69, 9.17) is 0 Å². The maximum Gasteiger partial charge on any atom is 0.238 e. The van der Waals surface area contributed by atoms with Crippen molar-refractivity contribution < 1.29 is 9.59 Å². The lowest BCUT2D eigenvalue weighted by Crippen LogP contribution is -2.30. The molecule has 0 bridgehead atoms. The Morgan fingerprint density at radius 3 is 2.25 bits per heavy atom. The van der Waals surface area contributed by atoms with Crippen LogP contribution in [0.4, 0.5) is 5.69 Å². The largest absolute Gasteiger partial charge is 0.274 e. The van der Waals surface area contributed by atoms with Gasteiger partial charge in [0.2, 0.25) is 11.8 Å². The molecule has 0 unspecified atom stereocenters. The summed E-state index contributed by atoms with van der Waals surface area (Å²) < 4.78 is 0. The van der Waals surface area contributed by atoms with Gasteiger partial charge in [0.15, 0.2) is 0 Å². The van der Waals surface area contributed by atoms with Gasteiger partial charge in [-0.05, 0) is 43.0 Å². The lowest BCUT2D eigenvalue weighted by atomic mass is 9.79. The topological polar surface area (TPSA) is 37.4 Å². The smallest absolute Gasteiger partial charge is 0.238 e. The Labute approximate surface area is 141 Å². The number of hydrogen-bond acceptors (Lipinski definition) is 2. The van der Waals surface area contributed by atoms with E-state index < -0.39 is 0 Å². The highest BCUT2D eigenvalue weighted by molar-refractivity contribution is 6.22. The molecule has 1 saturated heterocycles. The van der Waals surface area contributed by atoms with Gasteiger partial charge < -0.3 is 0 Å². The third-order valence-electron chi connectivity index (χ3n) is 5.06. The SMILES string of the molecule is Cc1ccc(N2C(=O)[C@H]3CC=C(c4ccccc4)C[C@@H]3C2=O)cc1. The van der Waals surface area contributed by atoms with Crippen LogP contribution in [0.15, 0.2) is 60.7 Å². The Kier molecular flexibility index (Phi) is 3.57. The minimum atomic E-state index is -0.237. The Morgan fingerprint density at radius 2 is 1.54 bits per heavy atom. The molecule has 0 radical (unpaired) electrons. The van der Waals surface area contributed by atoms with Crippen LogP contribution in [0.2, 0.25) is 0 Å². The second-order valence-corrected chi connectivity index (χ2v) is 6.60. The van der Waals surface area contributed by atoms with Crippen LogP contribution < -0.4 is 4.90 Å². The van der Waals surface area contributed by atoms with Crippen LogP contribution in [0.1, 0.15) is 24.0 Å². The van der Waals surface area contributed by atoms with E-state index in [-0.39, 0.29) is 23.7 Å². The van der Waals surface area contributed by atoms with E-state index in [1.165, 1.54) is 10.5 Å². The normalized spacial score (nSPS) is 23.2. The molecular weight excluding hydrogens is 298 g/mol. The number of aryl methyl sites for hydroxylation is 1. The molecule has 4 rings (SSSR count). The van der Waals surface area contributed by atoms with Gasteiger partial charge in [0, 0.05) is 0 Å². The molecule has 24 heavy (non-hydrogen) atoms. The summed E-state index contributed by atoms with van der Waals surface area (Å²) in [6.07, 6.45) is 3.41. The highest BCUT2D eigenvalue weighted by Gasteiger charge is 2.49. The number of fused-ring (bicyclic) bond motifs is 1. The monoisotopic (exact) mass is 317 g/mol. The number of benzene rings is 2. The molecule has 2 atom stereocenters. The number of anilines is 1. The van der Waals surface area contributed by atoms with Crippen molar-refractivity contribution in [2.24, 2.45) is 11.8 Å². The van der Waals surface area contributed by atoms with Gasteiger partial charge >= 0.3 is 0 Å². The minimum absolute atomic E-state index is 0.0581. The van der Waals surface area contributed by atoms with Gasteiger partial charge in [-0.2, -0.15) is 0 Å². The molecule has 0 saturated carbocycles. The van der Waals surface area contributed by atoms with Crippen molar-refractivity contribution in [2.75, 3.05) is 4.90 Å². The van der Waals surface area contributed by atoms with Gasteiger partial charge in [0.1, 0.15) is 0 Å². The van der Waals surface area contributed by atoms with Gasteiger partial charge in [-0.25, -0.2) is 0 Å². The molecule has 0 aromatic heterocycles. The van der Waals surface area contributed by atoms with Gasteiger partial charge in [-0.3, -0.25) is 14.5 Å². The van der Waals surface area contributed by atoms with E-state index in [0.29, 0.717) is 18.5 Å². The zero-order valence-electron chi connectivity index (χ0n) is 13.6. The molecule has 120 valence electrons. The Balaban J connectivity index is 1.63. The number of hydrogen-bond donors (Lipinski definition) is 0. The number of allylic oxidation sites excluding steroid dienone is 2. The van der Waals surface area contributed by atoms with Crippen molar-refractivity contribution in [3.63, 3.8) is 0 Å². The van der Waals surface area contributed by atoms with E-state index in [0.717, 1.165) is 11.1 Å². The molecule has 2 aromatic rings. The molecule has 2 amide bonds. The number of imide groups is 1. The van der Waals surface area contributed by atoms with Crippen molar-refractivity contribution in [3.05, 3.63) is 71.8 Å². The maximum atomic E-state index is 12.9. The molecule has 3 nitrogen and oxygen atoms in total. The molecular formula is C21H19NO2. The average molecular weight is 317 g/mol. The lowest BCUT2D eigenvalue weighted by molar-refractivity contribution is -0.122. The van der Waals surface area contributed by atoms with Crippen molar-refractivity contribution in [1.29, 1.82) is 0 Å². The van der Waals surface area contributed by atoms with E-state index in [1.54, 1.807) is 0 Å². The molecule has 1 aliphatic carbocycles. The fourth-order valence-corrected chi connectivity index (χ4v) is 3.70. The number of carbonyl (C=O) groups excluding carboxylic acids is 2. The third kappa shape index (κ3) is 2.37. The predicted molar refractivity (Wildman–Crippen MR) is 94.3 cm³/mol. The second kappa shape index (κ2) is 5.75. The van der Waals surface area contributed by atoms with Gasteiger partial charge in [-0.15, -0.1) is 0 Å². The van der Waals surface area contributed by atoms with Crippen LogP contribution in [0.25, 0.3) is 5.57 Å². The standard InChI is InChI=1S/C21H19NO2/c1-14-7-10-17(11-8-14)22-20(23)18-12-9-16(13-19(18)21(22)24)15-5-3-2-4-6-15/h2-11,18-19H,12-13H2,1H3/t18-,19-/m0/s1. The summed E-state index contributed by atoms with van der Waals surface area (Å²) in [6.45, 7) is 1.99. The van der Waals surface area contributed by atoms with E-state index in [1.807, 2.05) is 49.4 Å². The quantitative estimate of drug-likeness (QED) is 0.786. The summed E-state index contributed by atoms with van der Waals surface area (Å²) >= 11 is 0. The van der Waals surface area contributed by atoms with Gasteiger partial charge in [0.25, 0.3) is 0 Å². The first-order valence-electron chi connectivity index (χ1n) is 8.34. The van der Waals surface area contributed by atoms with Crippen LogP contribution in [0.3, 0.4) is 0 Å². The molecule has 1 fully saturated rings. The molecule has 0 N–H and O–H groups in total. The second-order valence-electron chi connectivity index (χ2n) is 6.60. The summed E-state index contributed by atoms with van der Waals surface area (Å²) in [5.74, 6) is -0.571. The highest BCUT2D eigenvalue weighted by atomic mass is 16.2. The van der Waals surface area contributed by atoms with E-state index >= 15 is 0 Å². The lowest BCUT2D eigenvalue weighted by Gasteiger charge is -2.21. The van der Waals surface area contributed by atoms with Crippen LogP contribution in [0.5, 0.6) is 0 Å². The first kappa shape index (κ1) is 14.9. The number of carbonyl (C=O) groups is 2. The third-order valence-corrected chi connectivity index (χ3v) is 5.06. The maximum absolute atomic E-state index is 12.9. The molecule has 3 heteroatoms. The van der Waals surface area contributed by atoms with Crippen LogP contribution >= 0.6 is 0 Å². The molecule has 2 aliphatic rings. The first-order chi connectivity index (χ1) is 11.6. The van der Waals surface area contributed by atoms with E-state index in [9.17, 15) is 9.59 Å². The zero-order chi connectivity index (χ0) is 16.7. The van der Waals surface area contributed by atoms with Gasteiger partial charge in [-0.1, -0.05) is 54.1 Å². The Morgan fingerprint density at radius 1 is 0.875 bits per heavy atom. The average Bonchev–Trinajstić information content (AvgIpc) is 2.87. The van der Waals surface area contributed by atoms with Crippen LogP contribution in [-0.4, -0.2) is 11.8 Å². The number of nitrogens with zero attached hydrogens (tertiary/aromatic N) is 1. The van der Waals surface area contributed by atoms with Crippen molar-refractivity contribution in [1.82, 2.24) is 0 Å². The van der Waals surface area contributed by atoms with Crippen LogP contribution in [-0.2, 0) is 9.59 Å². The molecule has 0 spiro atoms. The Bertz CT molecular complexity index is 821. The summed E-state index contributed by atoms with van der Waals surface area (Å²) in [5, 5.41) is 0. The first-order valence-corrected chi connectivity index (χ1v) is 8.34. The zero-order valence-corrected chi connectivity index (χ0v) is 13.6. The molecule has 1 aliphatic heterocycles. The van der Waals surface area contributed by atoms with Crippen molar-refractivity contribution in [2.45, 2.75) is 19.8 Å². The molecule has 1 heterocycles. The number of amides is 2. The highest BCUT2D eigenvalue weighted by Crippen LogP contribution is 2.42. The fraction of sp³-hybridized carbons (Fsp3) is 0.238. The van der Waals surface area contributed by atoms with Crippen molar-refractivity contribution in [3.8, 4) is 0 Å². The molecule has 2 aromatic carbocycles. The minimum Gasteiger partial charge on any atom is -0.274 e. The summed E-state index contributed by atoms with van der Waals surface area (Å²) in [7, 11) is 0. The summed E-state index contributed by atoms with van der Waals surface area (Å²) in [6, 6.07) is 17.7. The summed E-state index contributed by atoms with van der Waals surface area (Å²) in [5.41, 5.74) is 4.11. The fourth-order valence-electron chi connectivity index (χ4n) is 3.70. The number of rotatable bonds is 2. The summed E-state index contributed by atoms with van der Waals surface area (Å²) in [4.78, 5) is 27.0. The van der Waals surface area contributed by atoms with Crippen LogP contribution in [0, 0.1) is 18.8 Å².